The highest BCUT2D eigenvalue weighted by molar-refractivity contribution is 5.87. The van der Waals surface area contributed by atoms with E-state index in [9.17, 15) is 4.79 Å². The zero-order valence-electron chi connectivity index (χ0n) is 4.40. The second kappa shape index (κ2) is 1.07. The molecule has 0 aliphatic heterocycles. The topological polar surface area (TPSA) is 43.1 Å². The van der Waals surface area contributed by atoms with Crippen LogP contribution in [0.2, 0.25) is 0 Å². The molecule has 0 heterocycles. The summed E-state index contributed by atoms with van der Waals surface area (Å²) in [4.78, 5) is 10.2. The van der Waals surface area contributed by atoms with Crippen LogP contribution in [0.4, 0.5) is 0 Å². The molecular formula is C5H9NO. The van der Waals surface area contributed by atoms with Crippen molar-refractivity contribution in [3.63, 3.8) is 0 Å². The first-order valence-corrected chi connectivity index (χ1v) is 2.41. The maximum absolute atomic E-state index is 10.2. The van der Waals surface area contributed by atoms with Crippen molar-refractivity contribution in [3.05, 3.63) is 0 Å². The largest absolute Gasteiger partial charge is 0.325 e. The van der Waals surface area contributed by atoms with Crippen molar-refractivity contribution in [2.45, 2.75) is 25.3 Å². The number of nitrogens with two attached hydrogens (primary N) is 1. The lowest BCUT2D eigenvalue weighted by molar-refractivity contribution is -0.127. The number of carbonyl (C=O) groups excluding carboxylic acids is 1. The first kappa shape index (κ1) is 4.78. The smallest absolute Gasteiger partial charge is 0.136 e. The monoisotopic (exact) mass is 99.1 g/mol. The number of Topliss-reactive ketones (excluding diaryl/α,β-unsaturated/α-hetero) is 1. The van der Waals surface area contributed by atoms with E-state index in [0.29, 0.717) is 18.6 Å². The average molecular weight is 99.1 g/mol. The van der Waals surface area contributed by atoms with Crippen LogP contribution in [0.25, 0.3) is 0 Å². The van der Waals surface area contributed by atoms with Crippen molar-refractivity contribution >= 4 is 5.78 Å². The molecule has 0 amide bonds. The minimum Gasteiger partial charge on any atom is -0.325 e. The maximum Gasteiger partial charge on any atom is 0.136 e. The average Bonchev–Trinajstić information content (AvgIpc) is 1.27. The Morgan fingerprint density at radius 2 is 2.14 bits per heavy atom. The summed E-state index contributed by atoms with van der Waals surface area (Å²) in [6.07, 6.45) is 1.15. The lowest BCUT2D eigenvalue weighted by Gasteiger charge is -2.31. The van der Waals surface area contributed by atoms with Gasteiger partial charge in [-0.1, -0.05) is 0 Å². The van der Waals surface area contributed by atoms with Gasteiger partial charge in [-0.25, -0.2) is 0 Å². The fourth-order valence-electron chi connectivity index (χ4n) is 0.849. The van der Waals surface area contributed by atoms with Gasteiger partial charge in [-0.3, -0.25) is 4.79 Å². The molecule has 7 heavy (non-hydrogen) atoms. The highest BCUT2D eigenvalue weighted by atomic mass is 16.1. The Morgan fingerprint density at radius 1 is 1.71 bits per heavy atom. The van der Waals surface area contributed by atoms with E-state index in [-0.39, 0.29) is 5.54 Å². The minimum atomic E-state index is -0.156. The van der Waals surface area contributed by atoms with E-state index in [1.54, 1.807) is 0 Å². The first-order chi connectivity index (χ1) is 3.10. The quantitative estimate of drug-likeness (QED) is 0.467. The SMILES string of the molecule is CC1(N)CC(=O)C1. The Labute approximate surface area is 42.7 Å². The van der Waals surface area contributed by atoms with Crippen molar-refractivity contribution in [2.75, 3.05) is 0 Å². The van der Waals surface area contributed by atoms with Gasteiger partial charge in [0.1, 0.15) is 5.78 Å². The van der Waals surface area contributed by atoms with Crippen LogP contribution in [0, 0.1) is 0 Å². The molecule has 2 nitrogen and oxygen atoms in total. The molecule has 1 saturated carbocycles. The molecule has 0 unspecified atom stereocenters. The summed E-state index contributed by atoms with van der Waals surface area (Å²) in [5.41, 5.74) is 5.34. The molecule has 2 heteroatoms. The van der Waals surface area contributed by atoms with Gasteiger partial charge in [-0.2, -0.15) is 0 Å². The molecule has 0 aromatic heterocycles. The molecule has 2 N–H and O–H groups in total. The van der Waals surface area contributed by atoms with E-state index in [2.05, 4.69) is 0 Å². The maximum atomic E-state index is 10.2. The Bertz CT molecular complexity index is 96.6. The van der Waals surface area contributed by atoms with Crippen molar-refractivity contribution in [2.24, 2.45) is 5.73 Å². The van der Waals surface area contributed by atoms with Crippen LogP contribution in [0.1, 0.15) is 19.8 Å². The molecule has 1 rings (SSSR count). The third-order valence-corrected chi connectivity index (χ3v) is 1.20. The van der Waals surface area contributed by atoms with Crippen molar-refractivity contribution in [3.8, 4) is 0 Å². The summed E-state index contributed by atoms with van der Waals surface area (Å²) in [7, 11) is 0. The molecule has 0 atom stereocenters. The zero-order valence-corrected chi connectivity index (χ0v) is 4.40. The predicted octanol–water partition coefficient (Wildman–Crippen LogP) is 0.0667. The molecule has 1 aliphatic carbocycles. The van der Waals surface area contributed by atoms with E-state index < -0.39 is 0 Å². The fourth-order valence-corrected chi connectivity index (χ4v) is 0.849. The van der Waals surface area contributed by atoms with Gasteiger partial charge in [-0.15, -0.1) is 0 Å². The highest BCUT2D eigenvalue weighted by Crippen LogP contribution is 2.23. The lowest BCUT2D eigenvalue weighted by atomic mass is 9.78. The molecule has 0 radical (unpaired) electrons. The molecule has 1 aliphatic rings. The van der Waals surface area contributed by atoms with Gasteiger partial charge >= 0.3 is 0 Å². The summed E-state index contributed by atoms with van der Waals surface area (Å²) in [6.45, 7) is 1.90. The van der Waals surface area contributed by atoms with E-state index >= 15 is 0 Å². The second-order valence-corrected chi connectivity index (χ2v) is 2.55. The van der Waals surface area contributed by atoms with Gasteiger partial charge in [0, 0.05) is 18.4 Å². The summed E-state index contributed by atoms with van der Waals surface area (Å²) in [5.74, 6) is 0.296. The van der Waals surface area contributed by atoms with E-state index in [0.717, 1.165) is 0 Å². The predicted molar refractivity (Wildman–Crippen MR) is 26.8 cm³/mol. The van der Waals surface area contributed by atoms with E-state index in [1.807, 2.05) is 6.92 Å². The van der Waals surface area contributed by atoms with Crippen molar-refractivity contribution in [1.29, 1.82) is 0 Å². The first-order valence-electron chi connectivity index (χ1n) is 2.41. The minimum absolute atomic E-state index is 0.156. The summed E-state index contributed by atoms with van der Waals surface area (Å²) in [6, 6.07) is 0. The second-order valence-electron chi connectivity index (χ2n) is 2.55. The molecule has 1 fully saturated rings. The van der Waals surface area contributed by atoms with Gasteiger partial charge in [0.25, 0.3) is 0 Å². The van der Waals surface area contributed by atoms with Crippen molar-refractivity contribution in [1.82, 2.24) is 0 Å². The third kappa shape index (κ3) is 0.800. The van der Waals surface area contributed by atoms with E-state index in [1.165, 1.54) is 0 Å². The molecule has 0 saturated heterocycles. The van der Waals surface area contributed by atoms with Gasteiger partial charge in [0.2, 0.25) is 0 Å². The molecule has 0 aromatic carbocycles. The molecular weight excluding hydrogens is 90.1 g/mol. The number of hydrogen-bond donors (Lipinski definition) is 1. The molecule has 0 aromatic rings. The molecule has 0 spiro atoms. The summed E-state index contributed by atoms with van der Waals surface area (Å²) in [5, 5.41) is 0. The van der Waals surface area contributed by atoms with Crippen LogP contribution in [-0.4, -0.2) is 11.3 Å². The van der Waals surface area contributed by atoms with Gasteiger partial charge in [0.05, 0.1) is 0 Å². The third-order valence-electron chi connectivity index (χ3n) is 1.20. The molecule has 40 valence electrons. The number of hydrogen-bond acceptors (Lipinski definition) is 2. The van der Waals surface area contributed by atoms with Gasteiger partial charge in [0.15, 0.2) is 0 Å². The molecule has 0 bridgehead atoms. The Kier molecular flexibility index (Phi) is 0.729. The van der Waals surface area contributed by atoms with Crippen LogP contribution < -0.4 is 5.73 Å². The summed E-state index contributed by atoms with van der Waals surface area (Å²) < 4.78 is 0. The van der Waals surface area contributed by atoms with Crippen LogP contribution >= 0.6 is 0 Å². The fraction of sp³-hybridized carbons (Fsp3) is 0.800. The number of carbonyl (C=O) groups is 1. The number of rotatable bonds is 0. The van der Waals surface area contributed by atoms with Crippen LogP contribution in [-0.2, 0) is 4.79 Å². The normalized spacial score (nSPS) is 26.9. The Morgan fingerprint density at radius 3 is 2.14 bits per heavy atom. The highest BCUT2D eigenvalue weighted by Gasteiger charge is 2.34. The summed E-state index contributed by atoms with van der Waals surface area (Å²) >= 11 is 0. The van der Waals surface area contributed by atoms with Crippen LogP contribution in [0.3, 0.4) is 0 Å². The number of ketones is 1. The lowest BCUT2D eigenvalue weighted by Crippen LogP contribution is -2.49. The zero-order chi connectivity index (χ0) is 5.49. The van der Waals surface area contributed by atoms with Crippen LogP contribution in [0.15, 0.2) is 0 Å². The van der Waals surface area contributed by atoms with Gasteiger partial charge < -0.3 is 5.73 Å². The van der Waals surface area contributed by atoms with E-state index in [4.69, 9.17) is 5.73 Å². The Balaban J connectivity index is 2.43. The standard InChI is InChI=1S/C5H9NO/c1-5(6)2-4(7)3-5/h2-3,6H2,1H3. The van der Waals surface area contributed by atoms with Gasteiger partial charge in [-0.05, 0) is 6.92 Å². The Hall–Kier alpha value is -0.370. The van der Waals surface area contributed by atoms with Crippen molar-refractivity contribution < 1.29 is 4.79 Å². The van der Waals surface area contributed by atoms with Crippen LogP contribution in [0.5, 0.6) is 0 Å².